The first-order valence-corrected chi connectivity index (χ1v) is 5.48. The molecular formula is C12H20N2O. The van der Waals surface area contributed by atoms with E-state index in [4.69, 9.17) is 10.5 Å². The van der Waals surface area contributed by atoms with Crippen LogP contribution >= 0.6 is 0 Å². The van der Waals surface area contributed by atoms with Crippen LogP contribution in [0.2, 0.25) is 0 Å². The molecule has 0 aliphatic rings. The third-order valence-corrected chi connectivity index (χ3v) is 2.30. The van der Waals surface area contributed by atoms with Crippen LogP contribution in [0.3, 0.4) is 0 Å². The predicted molar refractivity (Wildman–Crippen MR) is 63.0 cm³/mol. The summed E-state index contributed by atoms with van der Waals surface area (Å²) in [7, 11) is 0. The summed E-state index contributed by atoms with van der Waals surface area (Å²) in [5.74, 6) is 1.11. The highest BCUT2D eigenvalue weighted by Gasteiger charge is 2.05. The zero-order valence-electron chi connectivity index (χ0n) is 9.79. The van der Waals surface area contributed by atoms with E-state index in [1.807, 2.05) is 13.0 Å². The number of nitrogen functional groups attached to an aromatic ring is 1. The van der Waals surface area contributed by atoms with Crippen molar-refractivity contribution in [3.05, 3.63) is 17.8 Å². The van der Waals surface area contributed by atoms with Crippen molar-refractivity contribution in [3.8, 4) is 5.88 Å². The molecule has 1 heterocycles. The Labute approximate surface area is 91.7 Å². The van der Waals surface area contributed by atoms with Gasteiger partial charge in [0.2, 0.25) is 5.88 Å². The van der Waals surface area contributed by atoms with Gasteiger partial charge in [0, 0.05) is 6.20 Å². The molecule has 1 atom stereocenters. The van der Waals surface area contributed by atoms with E-state index >= 15 is 0 Å². The number of nitrogens with two attached hydrogens (primary N) is 1. The van der Waals surface area contributed by atoms with Crippen LogP contribution in [-0.2, 0) is 0 Å². The zero-order chi connectivity index (χ0) is 11.3. The van der Waals surface area contributed by atoms with Crippen molar-refractivity contribution < 1.29 is 4.74 Å². The van der Waals surface area contributed by atoms with Crippen molar-refractivity contribution in [2.45, 2.75) is 33.6 Å². The lowest BCUT2D eigenvalue weighted by Gasteiger charge is -2.12. The van der Waals surface area contributed by atoms with Crippen LogP contribution < -0.4 is 10.5 Å². The molecule has 3 heteroatoms. The Bertz CT molecular complexity index is 312. The van der Waals surface area contributed by atoms with E-state index in [-0.39, 0.29) is 0 Å². The highest BCUT2D eigenvalue weighted by atomic mass is 16.5. The summed E-state index contributed by atoms with van der Waals surface area (Å²) in [6.07, 6.45) is 4.13. The normalized spacial score (nSPS) is 12.5. The lowest BCUT2D eigenvalue weighted by molar-refractivity contribution is 0.244. The maximum absolute atomic E-state index is 5.79. The molecule has 1 aromatic rings. The molecule has 0 saturated heterocycles. The molecule has 1 rings (SSSR count). The largest absolute Gasteiger partial charge is 0.476 e. The maximum Gasteiger partial charge on any atom is 0.237 e. The Hall–Kier alpha value is -1.25. The van der Waals surface area contributed by atoms with Crippen molar-refractivity contribution in [1.29, 1.82) is 0 Å². The first-order valence-electron chi connectivity index (χ1n) is 5.48. The lowest BCUT2D eigenvalue weighted by Crippen LogP contribution is -2.10. The fourth-order valence-electron chi connectivity index (χ4n) is 1.50. The fraction of sp³-hybridized carbons (Fsp3) is 0.583. The van der Waals surface area contributed by atoms with Gasteiger partial charge in [0.05, 0.1) is 12.3 Å². The molecule has 0 fully saturated rings. The van der Waals surface area contributed by atoms with Gasteiger partial charge in [-0.15, -0.1) is 0 Å². The van der Waals surface area contributed by atoms with Gasteiger partial charge in [0.1, 0.15) is 0 Å². The van der Waals surface area contributed by atoms with E-state index in [2.05, 4.69) is 18.8 Å². The van der Waals surface area contributed by atoms with E-state index in [0.717, 1.165) is 5.56 Å². The highest BCUT2D eigenvalue weighted by molar-refractivity contribution is 5.49. The monoisotopic (exact) mass is 208 g/mol. The van der Waals surface area contributed by atoms with Gasteiger partial charge in [-0.3, -0.25) is 0 Å². The summed E-state index contributed by atoms with van der Waals surface area (Å²) in [6.45, 7) is 7.00. The average Bonchev–Trinajstić information content (AvgIpc) is 2.17. The van der Waals surface area contributed by atoms with Gasteiger partial charge >= 0.3 is 0 Å². The second kappa shape index (κ2) is 5.59. The minimum atomic E-state index is 0.553. The molecule has 1 unspecified atom stereocenters. The van der Waals surface area contributed by atoms with Gasteiger partial charge in [-0.1, -0.05) is 20.3 Å². The Morgan fingerprint density at radius 3 is 2.87 bits per heavy atom. The highest BCUT2D eigenvalue weighted by Crippen LogP contribution is 2.19. The van der Waals surface area contributed by atoms with E-state index < -0.39 is 0 Å². The second-order valence-electron chi connectivity index (χ2n) is 4.11. The SMILES string of the molecule is CCCC(C)COc1ncc(C)cc1N. The van der Waals surface area contributed by atoms with Crippen molar-refractivity contribution in [2.75, 3.05) is 12.3 Å². The van der Waals surface area contributed by atoms with Crippen molar-refractivity contribution in [3.63, 3.8) is 0 Å². The van der Waals surface area contributed by atoms with Gasteiger partial charge in [0.15, 0.2) is 0 Å². The molecule has 84 valence electrons. The summed E-state index contributed by atoms with van der Waals surface area (Å²) in [5, 5.41) is 0. The Morgan fingerprint density at radius 2 is 2.27 bits per heavy atom. The zero-order valence-corrected chi connectivity index (χ0v) is 9.79. The predicted octanol–water partition coefficient (Wildman–Crippen LogP) is 2.79. The number of pyridine rings is 1. The number of aryl methyl sites for hydroxylation is 1. The third kappa shape index (κ3) is 3.78. The Morgan fingerprint density at radius 1 is 1.53 bits per heavy atom. The number of hydrogen-bond donors (Lipinski definition) is 1. The van der Waals surface area contributed by atoms with E-state index in [1.165, 1.54) is 12.8 Å². The fourth-order valence-corrected chi connectivity index (χ4v) is 1.50. The molecule has 0 aliphatic heterocycles. The second-order valence-corrected chi connectivity index (χ2v) is 4.11. The first kappa shape index (κ1) is 11.8. The van der Waals surface area contributed by atoms with Crippen LogP contribution in [0.25, 0.3) is 0 Å². The summed E-state index contributed by atoms with van der Waals surface area (Å²) >= 11 is 0. The standard InChI is InChI=1S/C12H20N2O/c1-4-5-9(2)8-15-12-11(13)6-10(3)7-14-12/h6-7,9H,4-5,8,13H2,1-3H3. The number of rotatable bonds is 5. The summed E-state index contributed by atoms with van der Waals surface area (Å²) in [5.41, 5.74) is 7.47. The molecule has 0 radical (unpaired) electrons. The molecule has 15 heavy (non-hydrogen) atoms. The Balaban J connectivity index is 2.50. The average molecular weight is 208 g/mol. The molecule has 0 aliphatic carbocycles. The van der Waals surface area contributed by atoms with Crippen LogP contribution in [0, 0.1) is 12.8 Å². The maximum atomic E-state index is 5.79. The summed E-state index contributed by atoms with van der Waals surface area (Å²) in [6, 6.07) is 1.88. The van der Waals surface area contributed by atoms with Gasteiger partial charge in [0.25, 0.3) is 0 Å². The molecule has 0 aromatic carbocycles. The molecule has 1 aromatic heterocycles. The minimum absolute atomic E-state index is 0.553. The smallest absolute Gasteiger partial charge is 0.237 e. The van der Waals surface area contributed by atoms with E-state index in [0.29, 0.717) is 24.1 Å². The van der Waals surface area contributed by atoms with Crippen molar-refractivity contribution >= 4 is 5.69 Å². The van der Waals surface area contributed by atoms with Crippen molar-refractivity contribution in [2.24, 2.45) is 5.92 Å². The lowest BCUT2D eigenvalue weighted by atomic mass is 10.1. The number of hydrogen-bond acceptors (Lipinski definition) is 3. The first-order chi connectivity index (χ1) is 7.13. The van der Waals surface area contributed by atoms with Gasteiger partial charge in [-0.2, -0.15) is 0 Å². The van der Waals surface area contributed by atoms with Crippen LogP contribution in [0.5, 0.6) is 5.88 Å². The minimum Gasteiger partial charge on any atom is -0.476 e. The summed E-state index contributed by atoms with van der Waals surface area (Å²) < 4.78 is 5.57. The topological polar surface area (TPSA) is 48.1 Å². The molecule has 0 spiro atoms. The molecule has 0 amide bonds. The van der Waals surface area contributed by atoms with Crippen LogP contribution in [0.15, 0.2) is 12.3 Å². The molecule has 3 nitrogen and oxygen atoms in total. The quantitative estimate of drug-likeness (QED) is 0.809. The third-order valence-electron chi connectivity index (χ3n) is 2.30. The number of aromatic nitrogens is 1. The molecule has 0 bridgehead atoms. The van der Waals surface area contributed by atoms with Gasteiger partial charge in [-0.05, 0) is 30.9 Å². The summed E-state index contributed by atoms with van der Waals surface area (Å²) in [4.78, 5) is 4.16. The van der Waals surface area contributed by atoms with Crippen molar-refractivity contribution in [1.82, 2.24) is 4.98 Å². The molecular weight excluding hydrogens is 188 g/mol. The van der Waals surface area contributed by atoms with Crippen LogP contribution in [0.4, 0.5) is 5.69 Å². The van der Waals surface area contributed by atoms with Crippen LogP contribution in [0.1, 0.15) is 32.3 Å². The van der Waals surface area contributed by atoms with E-state index in [9.17, 15) is 0 Å². The number of anilines is 1. The van der Waals surface area contributed by atoms with Crippen LogP contribution in [-0.4, -0.2) is 11.6 Å². The molecule has 0 saturated carbocycles. The number of nitrogens with zero attached hydrogens (tertiary/aromatic N) is 1. The number of ether oxygens (including phenoxy) is 1. The van der Waals surface area contributed by atoms with Gasteiger partial charge in [-0.25, -0.2) is 4.98 Å². The molecule has 2 N–H and O–H groups in total. The van der Waals surface area contributed by atoms with Gasteiger partial charge < -0.3 is 10.5 Å². The van der Waals surface area contributed by atoms with E-state index in [1.54, 1.807) is 6.20 Å². The Kier molecular flexibility index (Phi) is 4.40.